The molecule has 2 saturated carbocycles. The van der Waals surface area contributed by atoms with Gasteiger partial charge in [-0.05, 0) is 51.4 Å². The second-order valence-electron chi connectivity index (χ2n) is 7.19. The fourth-order valence-electron chi connectivity index (χ4n) is 3.67. The Kier molecular flexibility index (Phi) is 4.25. The summed E-state index contributed by atoms with van der Waals surface area (Å²) in [5.74, 6) is 2.22. The minimum atomic E-state index is 0.677. The molecule has 0 amide bonds. The summed E-state index contributed by atoms with van der Waals surface area (Å²) in [5.41, 5.74) is 2.57. The quantitative estimate of drug-likeness (QED) is 0.905. The molecule has 0 aliphatic heterocycles. The van der Waals surface area contributed by atoms with Crippen LogP contribution in [-0.2, 0) is 13.6 Å². The van der Waals surface area contributed by atoms with Crippen molar-refractivity contribution in [1.82, 2.24) is 15.1 Å². The van der Waals surface area contributed by atoms with E-state index in [1.54, 1.807) is 0 Å². The van der Waals surface area contributed by atoms with Crippen molar-refractivity contribution in [1.29, 1.82) is 0 Å². The van der Waals surface area contributed by atoms with Gasteiger partial charge in [-0.1, -0.05) is 6.92 Å². The van der Waals surface area contributed by atoms with Gasteiger partial charge in [-0.3, -0.25) is 4.68 Å². The van der Waals surface area contributed by atoms with Gasteiger partial charge in [0.2, 0.25) is 0 Å². The highest BCUT2D eigenvalue weighted by Crippen LogP contribution is 2.32. The fourth-order valence-corrected chi connectivity index (χ4v) is 3.67. The maximum Gasteiger partial charge on any atom is 0.131 e. The van der Waals surface area contributed by atoms with Crippen molar-refractivity contribution in [2.75, 3.05) is 11.9 Å². The van der Waals surface area contributed by atoms with Crippen molar-refractivity contribution in [3.05, 3.63) is 11.3 Å². The number of rotatable bonds is 5. The number of nitrogens with one attached hydrogen (secondary N) is 1. The SMILES string of the molecule is Cc1nn(C)c(N(C)C2CCC(C)CC2)c1CNC1CC1. The standard InChI is InChI=1S/C17H30N4/c1-12-5-9-15(10-6-12)20(3)17-16(11-18-14-7-8-14)13(2)19-21(17)4/h12,14-15,18H,5-11H2,1-4H3. The highest BCUT2D eigenvalue weighted by Gasteiger charge is 2.27. The summed E-state index contributed by atoms with van der Waals surface area (Å²) >= 11 is 0. The molecule has 1 N–H and O–H groups in total. The highest BCUT2D eigenvalue weighted by atomic mass is 15.4. The molecule has 1 aromatic heterocycles. The molecule has 0 radical (unpaired) electrons. The number of anilines is 1. The van der Waals surface area contributed by atoms with Crippen LogP contribution in [0.3, 0.4) is 0 Å². The topological polar surface area (TPSA) is 33.1 Å². The van der Waals surface area contributed by atoms with Crippen LogP contribution in [0.2, 0.25) is 0 Å². The lowest BCUT2D eigenvalue weighted by molar-refractivity contribution is 0.338. The van der Waals surface area contributed by atoms with Crippen molar-refractivity contribution in [2.45, 2.75) is 71.0 Å². The molecule has 0 unspecified atom stereocenters. The Morgan fingerprint density at radius 2 is 1.86 bits per heavy atom. The number of aromatic nitrogens is 2. The maximum absolute atomic E-state index is 4.68. The van der Waals surface area contributed by atoms with Crippen LogP contribution < -0.4 is 10.2 Å². The van der Waals surface area contributed by atoms with Gasteiger partial charge in [0.25, 0.3) is 0 Å². The van der Waals surface area contributed by atoms with E-state index in [1.807, 2.05) is 0 Å². The smallest absolute Gasteiger partial charge is 0.131 e. The molecule has 1 heterocycles. The Morgan fingerprint density at radius 3 is 2.48 bits per heavy atom. The van der Waals surface area contributed by atoms with Gasteiger partial charge in [-0.15, -0.1) is 0 Å². The second-order valence-corrected chi connectivity index (χ2v) is 7.19. The van der Waals surface area contributed by atoms with Crippen LogP contribution in [-0.4, -0.2) is 28.9 Å². The normalized spacial score (nSPS) is 26.1. The van der Waals surface area contributed by atoms with Gasteiger partial charge in [0.1, 0.15) is 5.82 Å². The van der Waals surface area contributed by atoms with E-state index in [-0.39, 0.29) is 0 Å². The first kappa shape index (κ1) is 14.9. The van der Waals surface area contributed by atoms with Crippen LogP contribution in [0, 0.1) is 12.8 Å². The predicted octanol–water partition coefficient (Wildman–Crippen LogP) is 3.00. The van der Waals surface area contributed by atoms with Crippen molar-refractivity contribution < 1.29 is 0 Å². The molecule has 4 heteroatoms. The summed E-state index contributed by atoms with van der Waals surface area (Å²) in [5, 5.41) is 8.33. The monoisotopic (exact) mass is 290 g/mol. The Bertz CT molecular complexity index is 481. The van der Waals surface area contributed by atoms with Crippen LogP contribution in [0.25, 0.3) is 0 Å². The molecule has 21 heavy (non-hydrogen) atoms. The van der Waals surface area contributed by atoms with Gasteiger partial charge < -0.3 is 10.2 Å². The molecule has 0 aromatic carbocycles. The summed E-state index contributed by atoms with van der Waals surface area (Å²) in [4.78, 5) is 2.50. The Labute approximate surface area is 128 Å². The zero-order valence-corrected chi connectivity index (χ0v) is 14.0. The summed E-state index contributed by atoms with van der Waals surface area (Å²) in [6.45, 7) is 5.49. The average molecular weight is 290 g/mol. The molecule has 1 aromatic rings. The molecule has 2 aliphatic carbocycles. The summed E-state index contributed by atoms with van der Waals surface area (Å²) in [6, 6.07) is 1.42. The van der Waals surface area contributed by atoms with E-state index < -0.39 is 0 Å². The summed E-state index contributed by atoms with van der Waals surface area (Å²) < 4.78 is 2.08. The lowest BCUT2D eigenvalue weighted by Crippen LogP contribution is -2.36. The lowest BCUT2D eigenvalue weighted by atomic mass is 9.86. The summed E-state index contributed by atoms with van der Waals surface area (Å²) in [6.07, 6.45) is 8.04. The molecular weight excluding hydrogens is 260 g/mol. The van der Waals surface area contributed by atoms with Crippen molar-refractivity contribution in [3.8, 4) is 0 Å². The van der Waals surface area contributed by atoms with Crippen LogP contribution in [0.4, 0.5) is 5.82 Å². The van der Waals surface area contributed by atoms with E-state index >= 15 is 0 Å². The molecule has 118 valence electrons. The lowest BCUT2D eigenvalue weighted by Gasteiger charge is -2.35. The van der Waals surface area contributed by atoms with Gasteiger partial charge in [0.15, 0.2) is 0 Å². The second kappa shape index (κ2) is 5.99. The third-order valence-corrected chi connectivity index (χ3v) is 5.33. The van der Waals surface area contributed by atoms with Gasteiger partial charge in [-0.2, -0.15) is 5.10 Å². The van der Waals surface area contributed by atoms with Gasteiger partial charge >= 0.3 is 0 Å². The summed E-state index contributed by atoms with van der Waals surface area (Å²) in [7, 11) is 4.35. The fraction of sp³-hybridized carbons (Fsp3) is 0.824. The molecular formula is C17H30N4. The minimum absolute atomic E-state index is 0.677. The molecule has 3 rings (SSSR count). The highest BCUT2D eigenvalue weighted by molar-refractivity contribution is 5.50. The number of aryl methyl sites for hydroxylation is 2. The number of hydrogen-bond acceptors (Lipinski definition) is 3. The van der Waals surface area contributed by atoms with Gasteiger partial charge in [0.05, 0.1) is 5.69 Å². The van der Waals surface area contributed by atoms with Crippen molar-refractivity contribution >= 4 is 5.82 Å². The minimum Gasteiger partial charge on any atom is -0.357 e. The first-order chi connectivity index (χ1) is 10.1. The van der Waals surface area contributed by atoms with Crippen molar-refractivity contribution in [2.24, 2.45) is 13.0 Å². The predicted molar refractivity (Wildman–Crippen MR) is 87.6 cm³/mol. The third-order valence-electron chi connectivity index (χ3n) is 5.33. The number of hydrogen-bond donors (Lipinski definition) is 1. The molecule has 2 aliphatic rings. The molecule has 0 atom stereocenters. The van der Waals surface area contributed by atoms with E-state index in [2.05, 4.69) is 47.9 Å². The zero-order chi connectivity index (χ0) is 15.0. The number of nitrogens with zero attached hydrogens (tertiary/aromatic N) is 3. The largest absolute Gasteiger partial charge is 0.357 e. The van der Waals surface area contributed by atoms with E-state index in [1.165, 1.54) is 55.6 Å². The van der Waals surface area contributed by atoms with E-state index in [0.29, 0.717) is 6.04 Å². The zero-order valence-electron chi connectivity index (χ0n) is 14.0. The van der Waals surface area contributed by atoms with Crippen LogP contribution in [0.15, 0.2) is 0 Å². The molecule has 4 nitrogen and oxygen atoms in total. The van der Waals surface area contributed by atoms with Crippen LogP contribution >= 0.6 is 0 Å². The average Bonchev–Trinajstić information content (AvgIpc) is 3.22. The molecule has 0 spiro atoms. The third kappa shape index (κ3) is 3.25. The first-order valence-corrected chi connectivity index (χ1v) is 8.55. The van der Waals surface area contributed by atoms with E-state index in [9.17, 15) is 0 Å². The van der Waals surface area contributed by atoms with E-state index in [0.717, 1.165) is 18.5 Å². The maximum atomic E-state index is 4.68. The van der Waals surface area contributed by atoms with E-state index in [4.69, 9.17) is 0 Å². The van der Waals surface area contributed by atoms with Gasteiger partial charge in [0, 0.05) is 38.3 Å². The van der Waals surface area contributed by atoms with Gasteiger partial charge in [-0.25, -0.2) is 0 Å². The Hall–Kier alpha value is -1.03. The molecule has 0 saturated heterocycles. The van der Waals surface area contributed by atoms with Crippen molar-refractivity contribution in [3.63, 3.8) is 0 Å². The Morgan fingerprint density at radius 1 is 1.19 bits per heavy atom. The Balaban J connectivity index is 1.75. The molecule has 0 bridgehead atoms. The van der Waals surface area contributed by atoms with Crippen LogP contribution in [0.5, 0.6) is 0 Å². The first-order valence-electron chi connectivity index (χ1n) is 8.55. The van der Waals surface area contributed by atoms with Crippen LogP contribution in [0.1, 0.15) is 56.7 Å². The molecule has 2 fully saturated rings.